The Morgan fingerprint density at radius 2 is 1.79 bits per heavy atom. The highest BCUT2D eigenvalue weighted by Gasteiger charge is 2.03. The zero-order valence-corrected chi connectivity index (χ0v) is 12.8. The third kappa shape index (κ3) is 7.22. The predicted octanol–water partition coefficient (Wildman–Crippen LogP) is 4.14. The third-order valence-corrected chi connectivity index (χ3v) is 3.28. The fraction of sp³-hybridized carbons (Fsp3) is 0.647. The van der Waals surface area contributed by atoms with Crippen molar-refractivity contribution in [2.24, 2.45) is 0 Å². The minimum atomic E-state index is 0.852. The lowest BCUT2D eigenvalue weighted by molar-refractivity contribution is 0.301. The monoisotopic (exact) mass is 263 g/mol. The van der Waals surface area contributed by atoms with E-state index >= 15 is 0 Å². The maximum absolute atomic E-state index is 5.93. The number of aryl methyl sites for hydroxylation is 1. The second kappa shape index (κ2) is 9.85. The van der Waals surface area contributed by atoms with Crippen LogP contribution in [-0.2, 0) is 6.42 Å². The van der Waals surface area contributed by atoms with Gasteiger partial charge in [-0.3, -0.25) is 0 Å². The van der Waals surface area contributed by atoms with E-state index in [4.69, 9.17) is 4.74 Å². The van der Waals surface area contributed by atoms with Crippen LogP contribution in [0.25, 0.3) is 0 Å². The van der Waals surface area contributed by atoms with Crippen LogP contribution in [0, 0.1) is 0 Å². The molecular weight excluding hydrogens is 234 g/mol. The lowest BCUT2D eigenvalue weighted by atomic mass is 10.1. The molecule has 19 heavy (non-hydrogen) atoms. The molecule has 0 unspecified atom stereocenters. The second-order valence-corrected chi connectivity index (χ2v) is 5.42. The number of nitrogens with zero attached hydrogens (tertiary/aromatic N) is 1. The third-order valence-electron chi connectivity index (χ3n) is 3.28. The molecule has 0 radical (unpaired) electrons. The Hall–Kier alpha value is -1.02. The van der Waals surface area contributed by atoms with Gasteiger partial charge in [-0.15, -0.1) is 0 Å². The molecule has 0 amide bonds. The van der Waals surface area contributed by atoms with Crippen LogP contribution in [-0.4, -0.2) is 32.1 Å². The standard InChI is InChI=1S/C17H29NO/c1-4-5-6-9-15-19-17-13-8-7-11-16(17)12-10-14-18(2)3/h7-8,11,13H,4-6,9-10,12,14-15H2,1-3H3. The van der Waals surface area contributed by atoms with Crippen LogP contribution in [0.5, 0.6) is 5.75 Å². The Bertz CT molecular complexity index is 336. The molecule has 1 aromatic rings. The SMILES string of the molecule is CCCCCCOc1ccccc1CCCN(C)C. The van der Waals surface area contributed by atoms with Gasteiger partial charge in [0.05, 0.1) is 6.61 Å². The molecule has 2 nitrogen and oxygen atoms in total. The van der Waals surface area contributed by atoms with Crippen molar-refractivity contribution >= 4 is 0 Å². The van der Waals surface area contributed by atoms with Crippen molar-refractivity contribution in [1.29, 1.82) is 0 Å². The molecule has 0 bridgehead atoms. The van der Waals surface area contributed by atoms with Crippen LogP contribution in [0.15, 0.2) is 24.3 Å². The highest BCUT2D eigenvalue weighted by atomic mass is 16.5. The number of ether oxygens (including phenoxy) is 1. The van der Waals surface area contributed by atoms with Crippen molar-refractivity contribution in [2.75, 3.05) is 27.2 Å². The van der Waals surface area contributed by atoms with Gasteiger partial charge in [-0.05, 0) is 51.5 Å². The maximum atomic E-state index is 5.93. The van der Waals surface area contributed by atoms with E-state index in [9.17, 15) is 0 Å². The van der Waals surface area contributed by atoms with Gasteiger partial charge in [0, 0.05) is 0 Å². The molecule has 0 aliphatic carbocycles. The maximum Gasteiger partial charge on any atom is 0.122 e. The summed E-state index contributed by atoms with van der Waals surface area (Å²) in [4.78, 5) is 2.23. The van der Waals surface area contributed by atoms with Gasteiger partial charge in [-0.2, -0.15) is 0 Å². The number of unbranched alkanes of at least 4 members (excludes halogenated alkanes) is 3. The first kappa shape index (κ1) is 16.0. The molecule has 0 saturated heterocycles. The van der Waals surface area contributed by atoms with Crippen molar-refractivity contribution in [3.05, 3.63) is 29.8 Å². The first-order valence-electron chi connectivity index (χ1n) is 7.59. The van der Waals surface area contributed by atoms with Crippen molar-refractivity contribution in [1.82, 2.24) is 4.90 Å². The summed E-state index contributed by atoms with van der Waals surface area (Å²) in [5.41, 5.74) is 1.35. The zero-order valence-electron chi connectivity index (χ0n) is 12.8. The Kier molecular flexibility index (Phi) is 8.31. The average Bonchev–Trinajstić information content (AvgIpc) is 2.40. The zero-order chi connectivity index (χ0) is 13.9. The fourth-order valence-corrected chi connectivity index (χ4v) is 2.15. The van der Waals surface area contributed by atoms with E-state index in [1.54, 1.807) is 0 Å². The summed E-state index contributed by atoms with van der Waals surface area (Å²) in [5.74, 6) is 1.08. The summed E-state index contributed by atoms with van der Waals surface area (Å²) >= 11 is 0. The van der Waals surface area contributed by atoms with E-state index < -0.39 is 0 Å². The summed E-state index contributed by atoms with van der Waals surface area (Å²) in [6.45, 7) is 4.22. The number of hydrogen-bond donors (Lipinski definition) is 0. The normalized spacial score (nSPS) is 10.9. The summed E-state index contributed by atoms with van der Waals surface area (Å²) in [5, 5.41) is 0. The first-order chi connectivity index (χ1) is 9.24. The summed E-state index contributed by atoms with van der Waals surface area (Å²) in [6.07, 6.45) is 7.32. The molecule has 0 aliphatic heterocycles. The lowest BCUT2D eigenvalue weighted by Gasteiger charge is -2.13. The molecule has 0 heterocycles. The van der Waals surface area contributed by atoms with Gasteiger partial charge in [0.2, 0.25) is 0 Å². The molecule has 0 aliphatic rings. The van der Waals surface area contributed by atoms with Gasteiger partial charge in [0.1, 0.15) is 5.75 Å². The second-order valence-electron chi connectivity index (χ2n) is 5.42. The van der Waals surface area contributed by atoms with E-state index in [1.807, 2.05) is 0 Å². The minimum Gasteiger partial charge on any atom is -0.493 e. The average molecular weight is 263 g/mol. The van der Waals surface area contributed by atoms with Crippen LogP contribution in [0.3, 0.4) is 0 Å². The fourth-order valence-electron chi connectivity index (χ4n) is 2.15. The Balaban J connectivity index is 2.35. The van der Waals surface area contributed by atoms with Crippen LogP contribution < -0.4 is 4.74 Å². The van der Waals surface area contributed by atoms with Crippen LogP contribution in [0.1, 0.15) is 44.6 Å². The van der Waals surface area contributed by atoms with Crippen molar-refractivity contribution in [2.45, 2.75) is 45.4 Å². The van der Waals surface area contributed by atoms with E-state index in [-0.39, 0.29) is 0 Å². The molecule has 0 N–H and O–H groups in total. The minimum absolute atomic E-state index is 0.852. The molecule has 2 heteroatoms. The number of rotatable bonds is 10. The van der Waals surface area contributed by atoms with Gasteiger partial charge < -0.3 is 9.64 Å². The summed E-state index contributed by atoms with van der Waals surface area (Å²) in [6, 6.07) is 8.47. The van der Waals surface area contributed by atoms with Gasteiger partial charge in [-0.25, -0.2) is 0 Å². The van der Waals surface area contributed by atoms with E-state index in [2.05, 4.69) is 50.2 Å². The quantitative estimate of drug-likeness (QED) is 0.588. The Morgan fingerprint density at radius 1 is 1.00 bits per heavy atom. The first-order valence-corrected chi connectivity index (χ1v) is 7.59. The highest BCUT2D eigenvalue weighted by molar-refractivity contribution is 5.33. The molecule has 0 spiro atoms. The molecule has 108 valence electrons. The largest absolute Gasteiger partial charge is 0.493 e. The molecule has 1 aromatic carbocycles. The molecular formula is C17H29NO. The van der Waals surface area contributed by atoms with Crippen molar-refractivity contribution in [3.8, 4) is 5.75 Å². The molecule has 0 saturated carbocycles. The van der Waals surface area contributed by atoms with E-state index in [0.717, 1.165) is 25.3 Å². The van der Waals surface area contributed by atoms with Gasteiger partial charge in [0.25, 0.3) is 0 Å². The topological polar surface area (TPSA) is 12.5 Å². The van der Waals surface area contributed by atoms with Gasteiger partial charge >= 0.3 is 0 Å². The van der Waals surface area contributed by atoms with Crippen LogP contribution in [0.2, 0.25) is 0 Å². The summed E-state index contributed by atoms with van der Waals surface area (Å²) < 4.78 is 5.93. The Morgan fingerprint density at radius 3 is 2.53 bits per heavy atom. The van der Waals surface area contributed by atoms with Gasteiger partial charge in [0.15, 0.2) is 0 Å². The van der Waals surface area contributed by atoms with Crippen LogP contribution in [0.4, 0.5) is 0 Å². The molecule has 0 fully saturated rings. The summed E-state index contributed by atoms with van der Waals surface area (Å²) in [7, 11) is 4.24. The van der Waals surface area contributed by atoms with Crippen molar-refractivity contribution in [3.63, 3.8) is 0 Å². The highest BCUT2D eigenvalue weighted by Crippen LogP contribution is 2.20. The lowest BCUT2D eigenvalue weighted by Crippen LogP contribution is -2.13. The molecule has 0 aromatic heterocycles. The van der Waals surface area contributed by atoms with Crippen LogP contribution >= 0.6 is 0 Å². The smallest absolute Gasteiger partial charge is 0.122 e. The number of hydrogen-bond acceptors (Lipinski definition) is 2. The molecule has 0 atom stereocenters. The number of para-hydroxylation sites is 1. The van der Waals surface area contributed by atoms with E-state index in [1.165, 1.54) is 37.7 Å². The Labute approximate surface area is 118 Å². The molecule has 1 rings (SSSR count). The number of benzene rings is 1. The predicted molar refractivity (Wildman–Crippen MR) is 83.0 cm³/mol. The van der Waals surface area contributed by atoms with Gasteiger partial charge in [-0.1, -0.05) is 44.4 Å². The van der Waals surface area contributed by atoms with Crippen molar-refractivity contribution < 1.29 is 4.74 Å². The van der Waals surface area contributed by atoms with E-state index in [0.29, 0.717) is 0 Å².